The third-order valence-electron chi connectivity index (χ3n) is 2.76. The molecule has 1 unspecified atom stereocenters. The summed E-state index contributed by atoms with van der Waals surface area (Å²) >= 11 is 0. The highest BCUT2D eigenvalue weighted by atomic mass is 16.5. The van der Waals surface area contributed by atoms with E-state index >= 15 is 0 Å². The van der Waals surface area contributed by atoms with Gasteiger partial charge < -0.3 is 20.3 Å². The second-order valence-electron chi connectivity index (χ2n) is 3.90. The van der Waals surface area contributed by atoms with Crippen molar-refractivity contribution < 1.29 is 14.3 Å². The van der Waals surface area contributed by atoms with Gasteiger partial charge in [0.15, 0.2) is 0 Å². The summed E-state index contributed by atoms with van der Waals surface area (Å²) in [4.78, 5) is 25.2. The minimum atomic E-state index is -0.483. The van der Waals surface area contributed by atoms with E-state index < -0.39 is 6.04 Å². The standard InChI is InChI=1S/C11H21N3O3/c1-3-13-5-4-10(15)14-6-7-17-8-9(14)11(16)12-2/h9,13H,3-8H2,1-2H3,(H,12,16). The van der Waals surface area contributed by atoms with Crippen LogP contribution in [0.15, 0.2) is 0 Å². The number of hydrogen-bond acceptors (Lipinski definition) is 4. The van der Waals surface area contributed by atoms with Crippen LogP contribution < -0.4 is 10.6 Å². The Hall–Kier alpha value is -1.14. The fourth-order valence-corrected chi connectivity index (χ4v) is 1.80. The monoisotopic (exact) mass is 243 g/mol. The fraction of sp³-hybridized carbons (Fsp3) is 0.818. The summed E-state index contributed by atoms with van der Waals surface area (Å²) in [6, 6.07) is -0.483. The maximum atomic E-state index is 12.0. The molecule has 0 aromatic heterocycles. The second-order valence-corrected chi connectivity index (χ2v) is 3.90. The van der Waals surface area contributed by atoms with Crippen LogP contribution in [0.4, 0.5) is 0 Å². The average Bonchev–Trinajstić information content (AvgIpc) is 2.38. The van der Waals surface area contributed by atoms with Gasteiger partial charge in [0, 0.05) is 26.6 Å². The van der Waals surface area contributed by atoms with Crippen molar-refractivity contribution in [2.75, 3.05) is 39.9 Å². The Bertz CT molecular complexity index is 271. The molecule has 0 aromatic carbocycles. The van der Waals surface area contributed by atoms with E-state index in [1.54, 1.807) is 11.9 Å². The van der Waals surface area contributed by atoms with Crippen molar-refractivity contribution in [1.82, 2.24) is 15.5 Å². The number of morpholine rings is 1. The molecule has 1 heterocycles. The van der Waals surface area contributed by atoms with Gasteiger partial charge in [-0.15, -0.1) is 0 Å². The van der Waals surface area contributed by atoms with Crippen molar-refractivity contribution >= 4 is 11.8 Å². The lowest BCUT2D eigenvalue weighted by Crippen LogP contribution is -2.55. The Morgan fingerprint density at radius 3 is 2.88 bits per heavy atom. The van der Waals surface area contributed by atoms with Gasteiger partial charge in [-0.3, -0.25) is 9.59 Å². The molecule has 17 heavy (non-hydrogen) atoms. The molecule has 98 valence electrons. The smallest absolute Gasteiger partial charge is 0.244 e. The number of ether oxygens (including phenoxy) is 1. The minimum Gasteiger partial charge on any atom is -0.377 e. The van der Waals surface area contributed by atoms with Crippen LogP contribution in [0.25, 0.3) is 0 Å². The van der Waals surface area contributed by atoms with Crippen molar-refractivity contribution in [3.05, 3.63) is 0 Å². The summed E-state index contributed by atoms with van der Waals surface area (Å²) in [6.07, 6.45) is 0.418. The average molecular weight is 243 g/mol. The molecule has 0 spiro atoms. The van der Waals surface area contributed by atoms with E-state index in [1.165, 1.54) is 0 Å². The largest absolute Gasteiger partial charge is 0.377 e. The molecule has 1 fully saturated rings. The molecule has 1 aliphatic rings. The number of likely N-dealkylation sites (N-methyl/N-ethyl adjacent to an activating group) is 1. The zero-order valence-corrected chi connectivity index (χ0v) is 10.5. The highest BCUT2D eigenvalue weighted by molar-refractivity contribution is 5.87. The Kier molecular flexibility index (Phi) is 5.93. The molecule has 1 aliphatic heterocycles. The van der Waals surface area contributed by atoms with Crippen molar-refractivity contribution in [3.63, 3.8) is 0 Å². The van der Waals surface area contributed by atoms with Gasteiger partial charge in [-0.1, -0.05) is 6.92 Å². The van der Waals surface area contributed by atoms with Crippen LogP contribution in [0.1, 0.15) is 13.3 Å². The maximum absolute atomic E-state index is 12.0. The van der Waals surface area contributed by atoms with Crippen LogP contribution in [0.3, 0.4) is 0 Å². The number of nitrogens with one attached hydrogen (secondary N) is 2. The number of nitrogens with zero attached hydrogens (tertiary/aromatic N) is 1. The molecule has 0 bridgehead atoms. The van der Waals surface area contributed by atoms with E-state index in [0.717, 1.165) is 6.54 Å². The third-order valence-corrected chi connectivity index (χ3v) is 2.76. The summed E-state index contributed by atoms with van der Waals surface area (Å²) in [6.45, 7) is 4.76. The Morgan fingerprint density at radius 2 is 2.24 bits per heavy atom. The highest BCUT2D eigenvalue weighted by Gasteiger charge is 2.31. The van der Waals surface area contributed by atoms with Crippen LogP contribution in [0.5, 0.6) is 0 Å². The lowest BCUT2D eigenvalue weighted by atomic mass is 10.2. The molecule has 0 aromatic rings. The summed E-state index contributed by atoms with van der Waals surface area (Å²) in [7, 11) is 1.57. The normalized spacial score (nSPS) is 20.1. The number of carbonyl (C=O) groups is 2. The van der Waals surface area contributed by atoms with Gasteiger partial charge in [0.1, 0.15) is 6.04 Å². The number of hydrogen-bond donors (Lipinski definition) is 2. The van der Waals surface area contributed by atoms with Crippen LogP contribution in [0.2, 0.25) is 0 Å². The molecular weight excluding hydrogens is 222 g/mol. The fourth-order valence-electron chi connectivity index (χ4n) is 1.80. The van der Waals surface area contributed by atoms with Crippen molar-refractivity contribution in [1.29, 1.82) is 0 Å². The first-order chi connectivity index (χ1) is 8.20. The Balaban J connectivity index is 2.52. The van der Waals surface area contributed by atoms with E-state index in [2.05, 4.69) is 10.6 Å². The SMILES string of the molecule is CCNCCC(=O)N1CCOCC1C(=O)NC. The van der Waals surface area contributed by atoms with Gasteiger partial charge in [0.25, 0.3) is 0 Å². The number of carbonyl (C=O) groups excluding carboxylic acids is 2. The molecule has 2 amide bonds. The predicted molar refractivity (Wildman–Crippen MR) is 63.5 cm³/mol. The van der Waals surface area contributed by atoms with Crippen molar-refractivity contribution in [3.8, 4) is 0 Å². The van der Waals surface area contributed by atoms with Crippen LogP contribution in [-0.2, 0) is 14.3 Å². The Morgan fingerprint density at radius 1 is 1.47 bits per heavy atom. The van der Waals surface area contributed by atoms with E-state index in [-0.39, 0.29) is 18.4 Å². The predicted octanol–water partition coefficient (Wildman–Crippen LogP) is -1.04. The zero-order chi connectivity index (χ0) is 12.7. The minimum absolute atomic E-state index is 0.00264. The quantitative estimate of drug-likeness (QED) is 0.605. The van der Waals surface area contributed by atoms with E-state index in [1.807, 2.05) is 6.92 Å². The van der Waals surface area contributed by atoms with Crippen molar-refractivity contribution in [2.45, 2.75) is 19.4 Å². The topological polar surface area (TPSA) is 70.7 Å². The first-order valence-electron chi connectivity index (χ1n) is 6.00. The molecule has 6 nitrogen and oxygen atoms in total. The van der Waals surface area contributed by atoms with Gasteiger partial charge >= 0.3 is 0 Å². The lowest BCUT2D eigenvalue weighted by Gasteiger charge is -2.34. The van der Waals surface area contributed by atoms with E-state index in [9.17, 15) is 9.59 Å². The molecule has 0 aliphatic carbocycles. The Labute approximate surface area is 102 Å². The van der Waals surface area contributed by atoms with Crippen LogP contribution in [-0.4, -0.2) is 62.7 Å². The van der Waals surface area contributed by atoms with Gasteiger partial charge in [-0.05, 0) is 6.54 Å². The van der Waals surface area contributed by atoms with Crippen LogP contribution >= 0.6 is 0 Å². The highest BCUT2D eigenvalue weighted by Crippen LogP contribution is 2.08. The first-order valence-corrected chi connectivity index (χ1v) is 6.00. The van der Waals surface area contributed by atoms with Crippen molar-refractivity contribution in [2.24, 2.45) is 0 Å². The summed E-state index contributed by atoms with van der Waals surface area (Å²) < 4.78 is 5.24. The molecule has 0 radical (unpaired) electrons. The van der Waals surface area contributed by atoms with Gasteiger partial charge in [0.2, 0.25) is 11.8 Å². The summed E-state index contributed by atoms with van der Waals surface area (Å²) in [5, 5.41) is 5.66. The van der Waals surface area contributed by atoms with Gasteiger partial charge in [-0.25, -0.2) is 0 Å². The zero-order valence-electron chi connectivity index (χ0n) is 10.5. The molecule has 1 rings (SSSR count). The summed E-state index contributed by atoms with van der Waals surface area (Å²) in [5.74, 6) is -0.163. The van der Waals surface area contributed by atoms with Crippen LogP contribution in [0, 0.1) is 0 Å². The van der Waals surface area contributed by atoms with E-state index in [4.69, 9.17) is 4.74 Å². The molecule has 1 saturated heterocycles. The number of amides is 2. The van der Waals surface area contributed by atoms with Gasteiger partial charge in [-0.2, -0.15) is 0 Å². The maximum Gasteiger partial charge on any atom is 0.244 e. The van der Waals surface area contributed by atoms with E-state index in [0.29, 0.717) is 26.1 Å². The van der Waals surface area contributed by atoms with Gasteiger partial charge in [0.05, 0.1) is 13.2 Å². The second kappa shape index (κ2) is 7.24. The first kappa shape index (κ1) is 13.9. The lowest BCUT2D eigenvalue weighted by molar-refractivity contribution is -0.148. The molecule has 6 heteroatoms. The molecular formula is C11H21N3O3. The third kappa shape index (κ3) is 3.98. The molecule has 0 saturated carbocycles. The summed E-state index contributed by atoms with van der Waals surface area (Å²) in [5.41, 5.74) is 0. The molecule has 2 N–H and O–H groups in total. The molecule has 1 atom stereocenters. The number of rotatable bonds is 5.